The molecule has 1 saturated heterocycles. The maximum Gasteiger partial charge on any atom is 0.417 e. The number of aryl methyl sites for hydroxylation is 1. The van der Waals surface area contributed by atoms with E-state index in [1.165, 1.54) is 4.90 Å². The third-order valence-corrected chi connectivity index (χ3v) is 7.46. The fourth-order valence-electron chi connectivity index (χ4n) is 5.20. The number of fused-ring (bicyclic) bond motifs is 1. The summed E-state index contributed by atoms with van der Waals surface area (Å²) in [4.78, 5) is 37.8. The van der Waals surface area contributed by atoms with Gasteiger partial charge in [0.1, 0.15) is 5.60 Å². The van der Waals surface area contributed by atoms with Crippen molar-refractivity contribution in [3.05, 3.63) is 77.7 Å². The molecule has 0 bridgehead atoms. The third-order valence-electron chi connectivity index (χ3n) is 7.46. The highest BCUT2D eigenvalue weighted by Gasteiger charge is 2.43. The van der Waals surface area contributed by atoms with Gasteiger partial charge in [-0.3, -0.25) is 14.2 Å². The zero-order valence-corrected chi connectivity index (χ0v) is 24.1. The van der Waals surface area contributed by atoms with Gasteiger partial charge in [0, 0.05) is 22.9 Å². The molecule has 9 heteroatoms. The van der Waals surface area contributed by atoms with Gasteiger partial charge in [0.05, 0.1) is 41.0 Å². The van der Waals surface area contributed by atoms with E-state index in [9.17, 15) is 9.59 Å². The lowest BCUT2D eigenvalue weighted by atomic mass is 9.87. The molecule has 0 saturated carbocycles. The Bertz CT molecular complexity index is 1650. The molecule has 1 fully saturated rings. The van der Waals surface area contributed by atoms with Gasteiger partial charge in [0.15, 0.2) is 5.65 Å². The van der Waals surface area contributed by atoms with Crippen LogP contribution in [0.2, 0.25) is 0 Å². The van der Waals surface area contributed by atoms with E-state index in [4.69, 9.17) is 10.00 Å². The van der Waals surface area contributed by atoms with Crippen molar-refractivity contribution in [3.63, 3.8) is 0 Å². The van der Waals surface area contributed by atoms with Crippen molar-refractivity contribution in [2.24, 2.45) is 0 Å². The Morgan fingerprint density at radius 3 is 2.37 bits per heavy atom. The van der Waals surface area contributed by atoms with Gasteiger partial charge in [0.2, 0.25) is 0 Å². The Morgan fingerprint density at radius 2 is 1.73 bits per heavy atom. The molecule has 1 aliphatic rings. The van der Waals surface area contributed by atoms with Crippen LogP contribution in [0, 0.1) is 18.3 Å². The first-order chi connectivity index (χ1) is 19.5. The van der Waals surface area contributed by atoms with Crippen molar-refractivity contribution >= 4 is 17.6 Å². The minimum atomic E-state index is -0.730. The lowest BCUT2D eigenvalue weighted by molar-refractivity contribution is -0.00203. The van der Waals surface area contributed by atoms with Crippen LogP contribution >= 0.6 is 0 Å². The topological polar surface area (TPSA) is 113 Å². The molecule has 2 aromatic carbocycles. The van der Waals surface area contributed by atoms with E-state index < -0.39 is 17.2 Å². The number of nitrogens with one attached hydrogen (secondary N) is 1. The molecule has 1 N–H and O–H groups in total. The summed E-state index contributed by atoms with van der Waals surface area (Å²) in [5.74, 6) is -0.367. The van der Waals surface area contributed by atoms with Crippen molar-refractivity contribution < 1.29 is 14.3 Å². The van der Waals surface area contributed by atoms with Gasteiger partial charge >= 0.3 is 6.09 Å². The molecule has 9 nitrogen and oxygen atoms in total. The Morgan fingerprint density at radius 1 is 1.05 bits per heavy atom. The normalized spacial score (nSPS) is 14.8. The van der Waals surface area contributed by atoms with Crippen LogP contribution in [0.5, 0.6) is 0 Å². The van der Waals surface area contributed by atoms with Crippen LogP contribution in [0.25, 0.3) is 28.2 Å². The first kappa shape index (κ1) is 28.0. The van der Waals surface area contributed by atoms with Crippen LogP contribution in [0.3, 0.4) is 0 Å². The highest BCUT2D eigenvalue weighted by molar-refractivity contribution is 6.05. The number of hydrogen-bond acceptors (Lipinski definition) is 7. The Hall–Kier alpha value is -4.55. The van der Waals surface area contributed by atoms with Crippen molar-refractivity contribution in [3.8, 4) is 28.6 Å². The summed E-state index contributed by atoms with van der Waals surface area (Å²) in [7, 11) is 0. The second-order valence-electron chi connectivity index (χ2n) is 11.7. The van der Waals surface area contributed by atoms with E-state index in [-0.39, 0.29) is 5.91 Å². The largest absolute Gasteiger partial charge is 0.443 e. The minimum Gasteiger partial charge on any atom is -0.443 e. The number of aromatic nitrogens is 3. The van der Waals surface area contributed by atoms with Crippen LogP contribution < -0.4 is 5.32 Å². The molecule has 0 radical (unpaired) electrons. The number of benzene rings is 2. The van der Waals surface area contributed by atoms with E-state index in [2.05, 4.69) is 21.4 Å². The second kappa shape index (κ2) is 10.8. The van der Waals surface area contributed by atoms with E-state index in [0.717, 1.165) is 22.4 Å². The molecule has 3 heterocycles. The summed E-state index contributed by atoms with van der Waals surface area (Å²) in [6.45, 7) is 10.7. The molecule has 0 atom stereocenters. The number of imide groups is 1. The molecule has 2 aromatic heterocycles. The zero-order valence-electron chi connectivity index (χ0n) is 24.1. The first-order valence-electron chi connectivity index (χ1n) is 13.7. The standard InChI is InChI=1S/C32H34N6O3/c1-21-16-24(26-20-37-27(18-36-28(37)19-35-26)23-8-6-22(17-33)7-9-23)10-11-25(21)29(39)38(30(40)41-31(2,3)4)32(5)12-14-34-15-13-32/h6-11,16,18-20,34H,12-15H2,1-5H3. The molecule has 0 spiro atoms. The summed E-state index contributed by atoms with van der Waals surface area (Å²) in [5.41, 5.74) is 4.42. The molecule has 210 valence electrons. The average molecular weight is 551 g/mol. The molecule has 4 aromatic rings. The van der Waals surface area contributed by atoms with Gasteiger partial charge < -0.3 is 10.1 Å². The van der Waals surface area contributed by atoms with E-state index in [1.54, 1.807) is 51.4 Å². The summed E-state index contributed by atoms with van der Waals surface area (Å²) >= 11 is 0. The van der Waals surface area contributed by atoms with Gasteiger partial charge in [0.25, 0.3) is 5.91 Å². The molecular formula is C32H34N6O3. The minimum absolute atomic E-state index is 0.367. The molecule has 0 unspecified atom stereocenters. The number of carbonyl (C=O) groups is 2. The summed E-state index contributed by atoms with van der Waals surface area (Å²) in [6, 6.07) is 15.0. The molecule has 5 rings (SSSR count). The zero-order chi connectivity index (χ0) is 29.4. The van der Waals surface area contributed by atoms with Gasteiger partial charge in [-0.2, -0.15) is 5.26 Å². The molecular weight excluding hydrogens is 516 g/mol. The lowest BCUT2D eigenvalue weighted by Gasteiger charge is -2.43. The number of nitriles is 1. The molecule has 1 aliphatic heterocycles. The van der Waals surface area contributed by atoms with Crippen LogP contribution in [-0.4, -0.2) is 55.5 Å². The third kappa shape index (κ3) is 5.70. The summed E-state index contributed by atoms with van der Waals surface area (Å²) in [6.07, 6.45) is 6.06. The fourth-order valence-corrected chi connectivity index (χ4v) is 5.20. The van der Waals surface area contributed by atoms with Gasteiger partial charge in [-0.05, 0) is 90.4 Å². The van der Waals surface area contributed by atoms with Crippen LogP contribution in [0.15, 0.2) is 61.1 Å². The van der Waals surface area contributed by atoms with E-state index in [1.807, 2.05) is 48.7 Å². The van der Waals surface area contributed by atoms with E-state index in [0.29, 0.717) is 48.4 Å². The van der Waals surface area contributed by atoms with Crippen LogP contribution in [0.4, 0.5) is 4.79 Å². The number of nitrogens with zero attached hydrogens (tertiary/aromatic N) is 5. The quantitative estimate of drug-likeness (QED) is 0.344. The fraction of sp³-hybridized carbons (Fsp3) is 0.344. The second-order valence-corrected chi connectivity index (χ2v) is 11.7. The number of piperidine rings is 1. The number of ether oxygens (including phenoxy) is 1. The maximum atomic E-state index is 14.0. The first-order valence-corrected chi connectivity index (χ1v) is 13.7. The lowest BCUT2D eigenvalue weighted by Crippen LogP contribution is -2.58. The number of carbonyl (C=O) groups excluding carboxylic acids is 2. The van der Waals surface area contributed by atoms with Crippen molar-refractivity contribution in [2.75, 3.05) is 13.1 Å². The molecule has 0 aliphatic carbocycles. The number of hydrogen-bond donors (Lipinski definition) is 1. The molecule has 41 heavy (non-hydrogen) atoms. The van der Waals surface area contributed by atoms with Crippen LogP contribution in [0.1, 0.15) is 62.0 Å². The Kier molecular flexibility index (Phi) is 7.37. The van der Waals surface area contributed by atoms with E-state index >= 15 is 0 Å². The van der Waals surface area contributed by atoms with Crippen molar-refractivity contribution in [1.29, 1.82) is 5.26 Å². The predicted octanol–water partition coefficient (Wildman–Crippen LogP) is 5.76. The van der Waals surface area contributed by atoms with Gasteiger partial charge in [-0.1, -0.05) is 18.2 Å². The monoisotopic (exact) mass is 550 g/mol. The van der Waals surface area contributed by atoms with Crippen molar-refractivity contribution in [1.82, 2.24) is 24.6 Å². The van der Waals surface area contributed by atoms with Crippen LogP contribution in [-0.2, 0) is 4.74 Å². The summed E-state index contributed by atoms with van der Waals surface area (Å²) in [5, 5.41) is 12.4. The SMILES string of the molecule is Cc1cc(-c2cn3c(-c4ccc(C#N)cc4)cnc3cn2)ccc1C(=O)N(C(=O)OC(C)(C)C)C1(C)CCNCC1. The highest BCUT2D eigenvalue weighted by atomic mass is 16.6. The van der Waals surface area contributed by atoms with Gasteiger partial charge in [-0.25, -0.2) is 14.7 Å². The average Bonchev–Trinajstić information content (AvgIpc) is 3.35. The van der Waals surface area contributed by atoms with Gasteiger partial charge in [-0.15, -0.1) is 0 Å². The Labute approximate surface area is 239 Å². The molecule has 2 amide bonds. The Balaban J connectivity index is 1.48. The van der Waals surface area contributed by atoms with Crippen molar-refractivity contribution in [2.45, 2.75) is 58.6 Å². The number of amides is 2. The highest BCUT2D eigenvalue weighted by Crippen LogP contribution is 2.31. The smallest absolute Gasteiger partial charge is 0.417 e. The predicted molar refractivity (Wildman–Crippen MR) is 156 cm³/mol. The summed E-state index contributed by atoms with van der Waals surface area (Å²) < 4.78 is 7.66. The number of rotatable bonds is 4. The number of imidazole rings is 1. The maximum absolute atomic E-state index is 14.0.